The van der Waals surface area contributed by atoms with Crippen LogP contribution in [-0.4, -0.2) is 28.9 Å². The van der Waals surface area contributed by atoms with E-state index in [1.54, 1.807) is 4.90 Å². The Morgan fingerprint density at radius 3 is 2.43 bits per heavy atom. The second-order valence-corrected chi connectivity index (χ2v) is 6.89. The van der Waals surface area contributed by atoms with Crippen LogP contribution in [0.5, 0.6) is 0 Å². The maximum absolute atomic E-state index is 12.8. The number of ether oxygens (including phenoxy) is 1. The maximum atomic E-state index is 12.8. The Balaban J connectivity index is 1.79. The third kappa shape index (κ3) is 4.97. The number of benzene rings is 2. The molecule has 0 aliphatic rings. The number of fused-ring (bicyclic) bond motifs is 1. The molecule has 0 fully saturated rings. The molecule has 0 saturated heterocycles. The van der Waals surface area contributed by atoms with Gasteiger partial charge in [-0.05, 0) is 37.1 Å². The molecule has 6 heteroatoms. The number of methoxy groups -OCH3 is 1. The van der Waals surface area contributed by atoms with Crippen molar-refractivity contribution < 1.29 is 18.7 Å². The number of hydrogen-bond acceptors (Lipinski definition) is 5. The fraction of sp³-hybridized carbons (Fsp3) is 0.318. The van der Waals surface area contributed by atoms with Crippen molar-refractivity contribution in [2.75, 3.05) is 7.11 Å². The van der Waals surface area contributed by atoms with Gasteiger partial charge in [0.05, 0.1) is 20.1 Å². The van der Waals surface area contributed by atoms with Crippen LogP contribution in [0.25, 0.3) is 11.1 Å². The van der Waals surface area contributed by atoms with Gasteiger partial charge < -0.3 is 14.1 Å². The van der Waals surface area contributed by atoms with E-state index in [2.05, 4.69) is 9.72 Å². The average molecular weight is 380 g/mol. The van der Waals surface area contributed by atoms with Gasteiger partial charge in [0.15, 0.2) is 5.58 Å². The minimum atomic E-state index is -0.402. The van der Waals surface area contributed by atoms with Crippen LogP contribution in [0.15, 0.2) is 46.9 Å². The van der Waals surface area contributed by atoms with E-state index < -0.39 is 5.97 Å². The van der Waals surface area contributed by atoms with E-state index in [0.29, 0.717) is 18.0 Å². The van der Waals surface area contributed by atoms with Gasteiger partial charge in [0.25, 0.3) is 0 Å². The van der Waals surface area contributed by atoms with Gasteiger partial charge in [-0.1, -0.05) is 35.9 Å². The van der Waals surface area contributed by atoms with Crippen molar-refractivity contribution in [3.05, 3.63) is 65.0 Å². The number of carbonyl (C=O) groups excluding carboxylic acids is 2. The monoisotopic (exact) mass is 380 g/mol. The second-order valence-electron chi connectivity index (χ2n) is 6.89. The van der Waals surface area contributed by atoms with Crippen molar-refractivity contribution in [1.29, 1.82) is 0 Å². The first-order chi connectivity index (χ1) is 13.4. The Labute approximate surface area is 164 Å². The highest BCUT2D eigenvalue weighted by atomic mass is 16.5. The van der Waals surface area contributed by atoms with Crippen molar-refractivity contribution in [1.82, 2.24) is 9.88 Å². The van der Waals surface area contributed by atoms with E-state index >= 15 is 0 Å². The third-order valence-corrected chi connectivity index (χ3v) is 4.53. The van der Waals surface area contributed by atoms with Gasteiger partial charge in [-0.3, -0.25) is 9.59 Å². The molecule has 0 bridgehead atoms. The molecule has 3 aromatic rings. The van der Waals surface area contributed by atoms with E-state index in [9.17, 15) is 9.59 Å². The van der Waals surface area contributed by atoms with Crippen molar-refractivity contribution in [3.8, 4) is 0 Å². The summed E-state index contributed by atoms with van der Waals surface area (Å²) in [5.41, 5.74) is 4.72. The minimum Gasteiger partial charge on any atom is -0.469 e. The van der Waals surface area contributed by atoms with Crippen LogP contribution >= 0.6 is 0 Å². The Hall–Kier alpha value is -3.15. The molecule has 146 valence electrons. The number of amides is 1. The van der Waals surface area contributed by atoms with Gasteiger partial charge in [-0.15, -0.1) is 0 Å². The smallest absolute Gasteiger partial charge is 0.306 e. The lowest BCUT2D eigenvalue weighted by Gasteiger charge is -2.21. The van der Waals surface area contributed by atoms with Crippen molar-refractivity contribution >= 4 is 23.0 Å². The van der Waals surface area contributed by atoms with E-state index in [-0.39, 0.29) is 25.3 Å². The van der Waals surface area contributed by atoms with Gasteiger partial charge in [-0.25, -0.2) is 4.98 Å². The van der Waals surface area contributed by atoms with E-state index in [4.69, 9.17) is 4.42 Å². The molecular weight excluding hydrogens is 356 g/mol. The highest BCUT2D eigenvalue weighted by Crippen LogP contribution is 2.19. The molecule has 1 aromatic heterocycles. The van der Waals surface area contributed by atoms with Gasteiger partial charge in [-0.2, -0.15) is 0 Å². The zero-order valence-electron chi connectivity index (χ0n) is 16.4. The molecular formula is C22H24N2O4. The maximum Gasteiger partial charge on any atom is 0.306 e. The standard InChI is InChI=1S/C22H24N2O4/c1-15-4-7-17(8-5-15)13-24(21(25)10-11-22(26)27-3)14-20-23-18-12-16(2)6-9-19(18)28-20/h4-9,12H,10-11,13-14H2,1-3H3. The summed E-state index contributed by atoms with van der Waals surface area (Å²) in [5, 5.41) is 0. The zero-order valence-corrected chi connectivity index (χ0v) is 16.4. The highest BCUT2D eigenvalue weighted by Gasteiger charge is 2.19. The molecule has 0 atom stereocenters. The van der Waals surface area contributed by atoms with Gasteiger partial charge in [0.1, 0.15) is 5.52 Å². The lowest BCUT2D eigenvalue weighted by molar-refractivity contribution is -0.144. The molecule has 6 nitrogen and oxygen atoms in total. The molecule has 0 N–H and O–H groups in total. The van der Waals surface area contributed by atoms with E-state index in [1.165, 1.54) is 7.11 Å². The average Bonchev–Trinajstić information content (AvgIpc) is 3.08. The van der Waals surface area contributed by atoms with Crippen LogP contribution < -0.4 is 0 Å². The lowest BCUT2D eigenvalue weighted by Crippen LogP contribution is -2.30. The third-order valence-electron chi connectivity index (χ3n) is 4.53. The summed E-state index contributed by atoms with van der Waals surface area (Å²) < 4.78 is 10.5. The molecule has 2 aromatic carbocycles. The van der Waals surface area contributed by atoms with Crippen LogP contribution in [0, 0.1) is 13.8 Å². The molecule has 1 amide bonds. The highest BCUT2D eigenvalue weighted by molar-refractivity contribution is 5.81. The summed E-state index contributed by atoms with van der Waals surface area (Å²) in [6.07, 6.45) is 0.129. The van der Waals surface area contributed by atoms with Crippen molar-refractivity contribution in [3.63, 3.8) is 0 Å². The normalized spacial score (nSPS) is 10.8. The fourth-order valence-electron chi connectivity index (χ4n) is 2.93. The van der Waals surface area contributed by atoms with Gasteiger partial charge in [0, 0.05) is 13.0 Å². The first-order valence-corrected chi connectivity index (χ1v) is 9.21. The van der Waals surface area contributed by atoms with Crippen LogP contribution in [0.2, 0.25) is 0 Å². The number of rotatable bonds is 7. The lowest BCUT2D eigenvalue weighted by atomic mass is 10.1. The summed E-state index contributed by atoms with van der Waals surface area (Å²) in [4.78, 5) is 30.3. The first-order valence-electron chi connectivity index (χ1n) is 9.21. The zero-order chi connectivity index (χ0) is 20.1. The fourth-order valence-corrected chi connectivity index (χ4v) is 2.93. The molecule has 0 unspecified atom stereocenters. The molecule has 3 rings (SSSR count). The van der Waals surface area contributed by atoms with Crippen molar-refractivity contribution in [2.45, 2.75) is 39.8 Å². The van der Waals surface area contributed by atoms with E-state index in [0.717, 1.165) is 22.2 Å². The van der Waals surface area contributed by atoms with Gasteiger partial charge in [0.2, 0.25) is 11.8 Å². The Morgan fingerprint density at radius 1 is 1.00 bits per heavy atom. The van der Waals surface area contributed by atoms with Gasteiger partial charge >= 0.3 is 5.97 Å². The SMILES string of the molecule is COC(=O)CCC(=O)N(Cc1ccc(C)cc1)Cc1nc2cc(C)ccc2o1. The summed E-state index contributed by atoms with van der Waals surface area (Å²) in [5.74, 6) is -0.0792. The van der Waals surface area contributed by atoms with Crippen LogP contribution in [0.3, 0.4) is 0 Å². The Bertz CT molecular complexity index is 976. The number of esters is 1. The first kappa shape index (κ1) is 19.6. The topological polar surface area (TPSA) is 72.6 Å². The minimum absolute atomic E-state index is 0.0481. The molecule has 0 spiro atoms. The number of hydrogen-bond donors (Lipinski definition) is 0. The Morgan fingerprint density at radius 2 is 1.71 bits per heavy atom. The summed E-state index contributed by atoms with van der Waals surface area (Å²) >= 11 is 0. The number of carbonyl (C=O) groups is 2. The number of oxazole rings is 1. The Kier molecular flexibility index (Phi) is 6.09. The quantitative estimate of drug-likeness (QED) is 0.581. The summed E-state index contributed by atoms with van der Waals surface area (Å²) in [6.45, 7) is 4.66. The molecule has 0 aliphatic heterocycles. The van der Waals surface area contributed by atoms with Crippen LogP contribution in [0.1, 0.15) is 35.4 Å². The molecule has 0 saturated carbocycles. The van der Waals surface area contributed by atoms with E-state index in [1.807, 2.05) is 56.3 Å². The van der Waals surface area contributed by atoms with Crippen LogP contribution in [-0.2, 0) is 27.4 Å². The number of aryl methyl sites for hydroxylation is 2. The largest absolute Gasteiger partial charge is 0.469 e. The number of aromatic nitrogens is 1. The molecule has 0 radical (unpaired) electrons. The van der Waals surface area contributed by atoms with Crippen molar-refractivity contribution in [2.24, 2.45) is 0 Å². The number of nitrogens with zero attached hydrogens (tertiary/aromatic N) is 2. The molecule has 1 heterocycles. The summed E-state index contributed by atoms with van der Waals surface area (Å²) in [6, 6.07) is 13.8. The predicted octanol–water partition coefficient (Wildman–Crippen LogP) is 3.93. The van der Waals surface area contributed by atoms with Crippen LogP contribution in [0.4, 0.5) is 0 Å². The summed E-state index contributed by atoms with van der Waals surface area (Å²) in [7, 11) is 1.32. The second kappa shape index (κ2) is 8.69. The molecule has 28 heavy (non-hydrogen) atoms. The molecule has 0 aliphatic carbocycles. The predicted molar refractivity (Wildman–Crippen MR) is 105 cm³/mol.